The monoisotopic (exact) mass is 447 g/mol. The Morgan fingerprint density at radius 3 is 2.59 bits per heavy atom. The van der Waals surface area contributed by atoms with Crippen LogP contribution in [0.25, 0.3) is 11.3 Å². The molecule has 1 N–H and O–H groups in total. The number of hydrogen-bond acceptors (Lipinski definition) is 6. The van der Waals surface area contributed by atoms with Crippen molar-refractivity contribution < 1.29 is 13.2 Å². The Kier molecular flexibility index (Phi) is 6.74. The van der Waals surface area contributed by atoms with E-state index in [1.54, 1.807) is 19.1 Å². The number of anilines is 1. The maximum absolute atomic E-state index is 12.4. The molecule has 0 bridgehead atoms. The molecule has 9 heteroatoms. The van der Waals surface area contributed by atoms with Crippen LogP contribution in [0, 0.1) is 6.92 Å². The van der Waals surface area contributed by atoms with Crippen molar-refractivity contribution in [3.8, 4) is 11.3 Å². The van der Waals surface area contributed by atoms with Gasteiger partial charge < -0.3 is 5.32 Å². The van der Waals surface area contributed by atoms with Crippen molar-refractivity contribution in [3.05, 3.63) is 59.5 Å². The summed E-state index contributed by atoms with van der Waals surface area (Å²) >= 11 is 2.84. The summed E-state index contributed by atoms with van der Waals surface area (Å²) in [6.07, 6.45) is 0. The minimum Gasteiger partial charge on any atom is -0.325 e. The van der Waals surface area contributed by atoms with Gasteiger partial charge in [0.15, 0.2) is 4.34 Å². The molecule has 0 spiro atoms. The molecule has 1 aromatic heterocycles. The van der Waals surface area contributed by atoms with E-state index in [0.717, 1.165) is 19.9 Å². The lowest BCUT2D eigenvalue weighted by molar-refractivity contribution is -0.113. The number of thioether (sulfide) groups is 1. The van der Waals surface area contributed by atoms with Gasteiger partial charge in [0.05, 0.1) is 16.3 Å². The van der Waals surface area contributed by atoms with E-state index >= 15 is 0 Å². The molecule has 0 aliphatic carbocycles. The van der Waals surface area contributed by atoms with Gasteiger partial charge in [-0.2, -0.15) is 0 Å². The van der Waals surface area contributed by atoms with E-state index in [-0.39, 0.29) is 16.6 Å². The van der Waals surface area contributed by atoms with E-state index in [9.17, 15) is 13.2 Å². The zero-order chi connectivity index (χ0) is 21.0. The second-order valence-electron chi connectivity index (χ2n) is 6.47. The summed E-state index contributed by atoms with van der Waals surface area (Å²) < 4.78 is 26.8. The molecule has 0 saturated carbocycles. The molecule has 29 heavy (non-hydrogen) atoms. The number of benzene rings is 2. The van der Waals surface area contributed by atoms with Crippen LogP contribution in [0.15, 0.2) is 63.1 Å². The van der Waals surface area contributed by atoms with Gasteiger partial charge in [-0.05, 0) is 24.6 Å². The topological polar surface area (TPSA) is 79.4 Å². The molecule has 152 valence electrons. The van der Waals surface area contributed by atoms with E-state index in [1.165, 1.54) is 43.3 Å². The minimum atomic E-state index is -3.58. The van der Waals surface area contributed by atoms with Gasteiger partial charge in [0.25, 0.3) is 0 Å². The molecule has 1 amide bonds. The third kappa shape index (κ3) is 5.24. The highest BCUT2D eigenvalue weighted by atomic mass is 32.2. The predicted octanol–water partition coefficient (Wildman–Crippen LogP) is 4.10. The molecular formula is C20H21N3O3S3. The van der Waals surface area contributed by atoms with Crippen LogP contribution in [0.2, 0.25) is 0 Å². The first-order chi connectivity index (χ1) is 13.8. The van der Waals surface area contributed by atoms with Crippen LogP contribution in [0.5, 0.6) is 0 Å². The highest BCUT2D eigenvalue weighted by Crippen LogP contribution is 2.28. The van der Waals surface area contributed by atoms with Crippen molar-refractivity contribution in [2.24, 2.45) is 0 Å². The normalized spacial score (nSPS) is 11.6. The zero-order valence-corrected chi connectivity index (χ0v) is 18.7. The van der Waals surface area contributed by atoms with Crippen LogP contribution in [0.4, 0.5) is 5.69 Å². The SMILES string of the molecule is Cc1ccc(NC(=O)CSc2nc(-c3ccccc3)cs2)cc1S(=O)(=O)N(C)C. The number of aryl methyl sites for hydroxylation is 1. The first-order valence-corrected chi connectivity index (χ1v) is 12.0. The van der Waals surface area contributed by atoms with E-state index in [0.29, 0.717) is 11.3 Å². The Balaban J connectivity index is 1.64. The molecule has 0 saturated heterocycles. The molecule has 0 radical (unpaired) electrons. The minimum absolute atomic E-state index is 0.181. The molecule has 0 unspecified atom stereocenters. The lowest BCUT2D eigenvalue weighted by Crippen LogP contribution is -2.23. The summed E-state index contributed by atoms with van der Waals surface area (Å²) in [7, 11) is -0.615. The average molecular weight is 448 g/mol. The fourth-order valence-electron chi connectivity index (χ4n) is 2.54. The molecule has 0 atom stereocenters. The van der Waals surface area contributed by atoms with Gasteiger partial charge in [0.1, 0.15) is 0 Å². The smallest absolute Gasteiger partial charge is 0.242 e. The second-order valence-corrected chi connectivity index (χ2v) is 10.7. The van der Waals surface area contributed by atoms with Gasteiger partial charge in [0.2, 0.25) is 15.9 Å². The number of carbonyl (C=O) groups is 1. The number of sulfonamides is 1. The van der Waals surface area contributed by atoms with Gasteiger partial charge >= 0.3 is 0 Å². The van der Waals surface area contributed by atoms with Crippen LogP contribution >= 0.6 is 23.1 Å². The molecule has 3 rings (SSSR count). The van der Waals surface area contributed by atoms with Crippen LogP contribution in [-0.4, -0.2) is 43.5 Å². The number of rotatable bonds is 7. The predicted molar refractivity (Wildman–Crippen MR) is 119 cm³/mol. The number of nitrogens with zero attached hydrogens (tertiary/aromatic N) is 2. The molecule has 2 aromatic carbocycles. The summed E-state index contributed by atoms with van der Waals surface area (Å²) in [5.74, 6) is -0.0331. The van der Waals surface area contributed by atoms with E-state index in [4.69, 9.17) is 0 Å². The van der Waals surface area contributed by atoms with E-state index < -0.39 is 10.0 Å². The standard InChI is InChI=1S/C20H21N3O3S3/c1-14-9-10-16(11-18(14)29(25,26)23(2)3)21-19(24)13-28-20-22-17(12-27-20)15-7-5-4-6-8-15/h4-12H,13H2,1-3H3,(H,21,24). The Hall–Kier alpha value is -2.20. The number of carbonyl (C=O) groups excluding carboxylic acids is 1. The Labute approximate surface area is 179 Å². The largest absolute Gasteiger partial charge is 0.325 e. The zero-order valence-electron chi connectivity index (χ0n) is 16.2. The summed E-state index contributed by atoms with van der Waals surface area (Å²) in [6.45, 7) is 1.73. The van der Waals surface area contributed by atoms with Crippen LogP contribution in [0.1, 0.15) is 5.56 Å². The van der Waals surface area contributed by atoms with Crippen LogP contribution < -0.4 is 5.32 Å². The number of hydrogen-bond donors (Lipinski definition) is 1. The third-order valence-electron chi connectivity index (χ3n) is 4.11. The lowest BCUT2D eigenvalue weighted by Gasteiger charge is -2.15. The van der Waals surface area contributed by atoms with Gasteiger partial charge in [0, 0.05) is 30.7 Å². The highest BCUT2D eigenvalue weighted by Gasteiger charge is 2.20. The van der Waals surface area contributed by atoms with Crippen molar-refractivity contribution >= 4 is 44.7 Å². The Morgan fingerprint density at radius 1 is 1.17 bits per heavy atom. The van der Waals surface area contributed by atoms with Gasteiger partial charge in [-0.15, -0.1) is 11.3 Å². The van der Waals surface area contributed by atoms with Crippen molar-refractivity contribution in [1.29, 1.82) is 0 Å². The third-order valence-corrected chi connectivity index (χ3v) is 8.09. The molecule has 1 heterocycles. The van der Waals surface area contributed by atoms with Crippen molar-refractivity contribution in [3.63, 3.8) is 0 Å². The van der Waals surface area contributed by atoms with Crippen molar-refractivity contribution in [1.82, 2.24) is 9.29 Å². The summed E-state index contributed by atoms with van der Waals surface area (Å²) in [5, 5.41) is 4.73. The number of nitrogens with one attached hydrogen (secondary N) is 1. The van der Waals surface area contributed by atoms with E-state index in [1.807, 2.05) is 35.7 Å². The maximum Gasteiger partial charge on any atom is 0.242 e. The summed E-state index contributed by atoms with van der Waals surface area (Å²) in [5.41, 5.74) is 3.00. The van der Waals surface area contributed by atoms with Crippen LogP contribution in [0.3, 0.4) is 0 Å². The van der Waals surface area contributed by atoms with Crippen molar-refractivity contribution in [2.45, 2.75) is 16.2 Å². The van der Waals surface area contributed by atoms with Gasteiger partial charge in [-0.1, -0.05) is 48.2 Å². The number of thiazole rings is 1. The summed E-state index contributed by atoms with van der Waals surface area (Å²) in [4.78, 5) is 17.1. The fraction of sp³-hybridized carbons (Fsp3) is 0.200. The summed E-state index contributed by atoms with van der Waals surface area (Å²) in [6, 6.07) is 14.7. The molecule has 6 nitrogen and oxygen atoms in total. The molecule has 0 aliphatic heterocycles. The first kappa shape index (κ1) is 21.5. The quantitative estimate of drug-likeness (QED) is 0.552. The molecule has 3 aromatic rings. The molecular weight excluding hydrogens is 426 g/mol. The van der Waals surface area contributed by atoms with Crippen LogP contribution in [-0.2, 0) is 14.8 Å². The number of amides is 1. The Bertz CT molecular complexity index is 1110. The molecule has 0 fully saturated rings. The van der Waals surface area contributed by atoms with Gasteiger partial charge in [-0.25, -0.2) is 17.7 Å². The maximum atomic E-state index is 12.4. The highest BCUT2D eigenvalue weighted by molar-refractivity contribution is 8.01. The van der Waals surface area contributed by atoms with E-state index in [2.05, 4.69) is 10.3 Å². The number of aromatic nitrogens is 1. The van der Waals surface area contributed by atoms with Gasteiger partial charge in [-0.3, -0.25) is 4.79 Å². The average Bonchev–Trinajstić information content (AvgIpc) is 3.17. The lowest BCUT2D eigenvalue weighted by atomic mass is 10.2. The van der Waals surface area contributed by atoms with Crippen molar-refractivity contribution in [2.75, 3.05) is 25.2 Å². The first-order valence-electron chi connectivity index (χ1n) is 8.74. The molecule has 0 aliphatic rings. The Morgan fingerprint density at radius 2 is 1.90 bits per heavy atom. The second kappa shape index (κ2) is 9.08. The fourth-order valence-corrected chi connectivity index (χ4v) is 5.32.